The number of phenols is 1. The summed E-state index contributed by atoms with van der Waals surface area (Å²) >= 11 is 0. The summed E-state index contributed by atoms with van der Waals surface area (Å²) in [4.78, 5) is 24.9. The minimum absolute atomic E-state index is 0.00259. The fourth-order valence-corrected chi connectivity index (χ4v) is 2.97. The average molecular weight is 290 g/mol. The van der Waals surface area contributed by atoms with Crippen LogP contribution in [0.1, 0.15) is 32.7 Å². The zero-order valence-corrected chi connectivity index (χ0v) is 11.2. The molecule has 3 atom stereocenters. The van der Waals surface area contributed by atoms with Gasteiger partial charge in [0.1, 0.15) is 18.0 Å². The molecule has 0 amide bonds. The van der Waals surface area contributed by atoms with Crippen molar-refractivity contribution in [2.24, 2.45) is 0 Å². The standard InChI is InChI=1S/C15H14O6/c1-5-2-6-10(8(16)3-5)14(20)11-7(12(6)18)4-9(17)13(19)15(11)21/h2-3,9,13,15-17,19,21H,4H2,1H3/t9-,13-,15+/m0/s1. The molecule has 3 rings (SSSR count). The van der Waals surface area contributed by atoms with Gasteiger partial charge in [-0.05, 0) is 24.6 Å². The lowest BCUT2D eigenvalue weighted by molar-refractivity contribution is -0.0516. The summed E-state index contributed by atoms with van der Waals surface area (Å²) in [5.74, 6) is -1.53. The molecule has 4 N–H and O–H groups in total. The van der Waals surface area contributed by atoms with Crippen molar-refractivity contribution < 1.29 is 30.0 Å². The fourth-order valence-electron chi connectivity index (χ4n) is 2.97. The van der Waals surface area contributed by atoms with Crippen molar-refractivity contribution >= 4 is 11.6 Å². The van der Waals surface area contributed by atoms with Crippen molar-refractivity contribution in [1.29, 1.82) is 0 Å². The van der Waals surface area contributed by atoms with Crippen molar-refractivity contribution in [1.82, 2.24) is 0 Å². The number of carbonyl (C=O) groups is 2. The maximum absolute atomic E-state index is 12.5. The van der Waals surface area contributed by atoms with Crippen LogP contribution in [0.4, 0.5) is 0 Å². The molecule has 0 saturated heterocycles. The number of aryl methyl sites for hydroxylation is 1. The highest BCUT2D eigenvalue weighted by molar-refractivity contribution is 6.28. The molecule has 110 valence electrons. The van der Waals surface area contributed by atoms with Crippen LogP contribution in [-0.4, -0.2) is 50.3 Å². The molecule has 0 fully saturated rings. The van der Waals surface area contributed by atoms with Crippen molar-refractivity contribution in [3.05, 3.63) is 40.0 Å². The van der Waals surface area contributed by atoms with E-state index in [0.29, 0.717) is 5.56 Å². The molecule has 0 radical (unpaired) electrons. The maximum atomic E-state index is 12.5. The number of Topliss-reactive ketones (excluding diaryl/α,β-unsaturated/α-hetero) is 2. The number of rotatable bonds is 0. The second-order valence-electron chi connectivity index (χ2n) is 5.46. The van der Waals surface area contributed by atoms with Gasteiger partial charge in [-0.1, -0.05) is 0 Å². The summed E-state index contributed by atoms with van der Waals surface area (Å²) in [6, 6.07) is 2.85. The Morgan fingerprint density at radius 3 is 2.43 bits per heavy atom. The summed E-state index contributed by atoms with van der Waals surface area (Å²) in [5.41, 5.74) is 0.291. The van der Waals surface area contributed by atoms with Crippen LogP contribution < -0.4 is 0 Å². The SMILES string of the molecule is Cc1cc(O)c2c(c1)C(=O)C1=C(C2=O)[C@@H](O)[C@@H](O)[C@@H](O)C1. The number of hydrogen-bond donors (Lipinski definition) is 4. The number of aliphatic hydroxyl groups excluding tert-OH is 3. The first kappa shape index (κ1) is 13.9. The number of fused-ring (bicyclic) bond motifs is 1. The van der Waals surface area contributed by atoms with Crippen LogP contribution >= 0.6 is 0 Å². The lowest BCUT2D eigenvalue weighted by atomic mass is 9.74. The summed E-state index contributed by atoms with van der Waals surface area (Å²) < 4.78 is 0. The predicted molar refractivity (Wildman–Crippen MR) is 71.2 cm³/mol. The Balaban J connectivity index is 2.25. The summed E-state index contributed by atoms with van der Waals surface area (Å²) in [6.07, 6.45) is -4.69. The van der Waals surface area contributed by atoms with E-state index in [2.05, 4.69) is 0 Å². The van der Waals surface area contributed by atoms with E-state index in [1.54, 1.807) is 6.92 Å². The van der Waals surface area contributed by atoms with Gasteiger partial charge in [-0.2, -0.15) is 0 Å². The molecular formula is C15H14O6. The topological polar surface area (TPSA) is 115 Å². The Labute approximate surface area is 120 Å². The highest BCUT2D eigenvalue weighted by Crippen LogP contribution is 2.39. The Morgan fingerprint density at radius 2 is 1.76 bits per heavy atom. The van der Waals surface area contributed by atoms with E-state index in [9.17, 15) is 30.0 Å². The van der Waals surface area contributed by atoms with E-state index in [1.165, 1.54) is 12.1 Å². The van der Waals surface area contributed by atoms with Gasteiger partial charge in [0, 0.05) is 23.1 Å². The molecule has 0 heterocycles. The smallest absolute Gasteiger partial charge is 0.196 e. The number of carbonyl (C=O) groups excluding carboxylic acids is 2. The molecule has 6 nitrogen and oxygen atoms in total. The normalized spacial score (nSPS) is 28.5. The number of ketones is 2. The molecular weight excluding hydrogens is 276 g/mol. The monoisotopic (exact) mass is 290 g/mol. The van der Waals surface area contributed by atoms with Crippen LogP contribution in [-0.2, 0) is 0 Å². The van der Waals surface area contributed by atoms with Gasteiger partial charge in [-0.3, -0.25) is 9.59 Å². The maximum Gasteiger partial charge on any atom is 0.196 e. The van der Waals surface area contributed by atoms with E-state index in [-0.39, 0.29) is 34.4 Å². The summed E-state index contributed by atoms with van der Waals surface area (Å²) in [5, 5.41) is 39.3. The van der Waals surface area contributed by atoms with E-state index in [4.69, 9.17) is 0 Å². The zero-order chi connectivity index (χ0) is 15.5. The van der Waals surface area contributed by atoms with E-state index < -0.39 is 29.9 Å². The van der Waals surface area contributed by atoms with Gasteiger partial charge in [-0.25, -0.2) is 0 Å². The molecule has 0 spiro atoms. The second-order valence-corrected chi connectivity index (χ2v) is 5.46. The Kier molecular flexibility index (Phi) is 2.98. The van der Waals surface area contributed by atoms with E-state index >= 15 is 0 Å². The van der Waals surface area contributed by atoms with Gasteiger partial charge in [0.05, 0.1) is 11.7 Å². The number of hydrogen-bond acceptors (Lipinski definition) is 6. The summed E-state index contributed by atoms with van der Waals surface area (Å²) in [7, 11) is 0. The van der Waals surface area contributed by atoms with Crippen LogP contribution in [0.15, 0.2) is 23.3 Å². The fraction of sp³-hybridized carbons (Fsp3) is 0.333. The Bertz CT molecular complexity index is 702. The van der Waals surface area contributed by atoms with E-state index in [0.717, 1.165) is 0 Å². The van der Waals surface area contributed by atoms with Crippen LogP contribution in [0.5, 0.6) is 5.75 Å². The first-order valence-corrected chi connectivity index (χ1v) is 6.53. The minimum atomic E-state index is -1.64. The molecule has 0 aliphatic heterocycles. The van der Waals surface area contributed by atoms with Gasteiger partial charge >= 0.3 is 0 Å². The van der Waals surface area contributed by atoms with Crippen molar-refractivity contribution in [2.45, 2.75) is 31.7 Å². The van der Waals surface area contributed by atoms with E-state index in [1.807, 2.05) is 0 Å². The molecule has 2 aliphatic rings. The lowest BCUT2D eigenvalue weighted by Crippen LogP contribution is -2.47. The molecule has 21 heavy (non-hydrogen) atoms. The number of aromatic hydroxyl groups is 1. The first-order valence-electron chi connectivity index (χ1n) is 6.53. The molecule has 1 aromatic carbocycles. The highest BCUT2D eigenvalue weighted by Gasteiger charge is 2.45. The van der Waals surface area contributed by atoms with Gasteiger partial charge < -0.3 is 20.4 Å². The van der Waals surface area contributed by atoms with Crippen LogP contribution in [0.2, 0.25) is 0 Å². The molecule has 1 aromatic rings. The minimum Gasteiger partial charge on any atom is -0.507 e. The molecule has 0 bridgehead atoms. The van der Waals surface area contributed by atoms with Crippen LogP contribution in [0, 0.1) is 6.92 Å². The molecule has 6 heteroatoms. The van der Waals surface area contributed by atoms with Gasteiger partial charge in [0.25, 0.3) is 0 Å². The largest absolute Gasteiger partial charge is 0.507 e. The Morgan fingerprint density at radius 1 is 1.10 bits per heavy atom. The number of benzene rings is 1. The first-order chi connectivity index (χ1) is 9.82. The van der Waals surface area contributed by atoms with Crippen molar-refractivity contribution in [2.75, 3.05) is 0 Å². The molecule has 0 aromatic heterocycles. The molecule has 0 unspecified atom stereocenters. The zero-order valence-electron chi connectivity index (χ0n) is 11.2. The lowest BCUT2D eigenvalue weighted by Gasteiger charge is -2.34. The predicted octanol–water partition coefficient (Wildman–Crippen LogP) is -0.137. The van der Waals surface area contributed by atoms with Gasteiger partial charge in [0.2, 0.25) is 0 Å². The number of phenolic OH excluding ortho intramolecular Hbond substituents is 1. The molecule has 0 saturated carbocycles. The highest BCUT2D eigenvalue weighted by atomic mass is 16.4. The average Bonchev–Trinajstić information content (AvgIpc) is 2.41. The third kappa shape index (κ3) is 1.84. The Hall–Kier alpha value is -2.02. The second kappa shape index (κ2) is 4.49. The van der Waals surface area contributed by atoms with Crippen molar-refractivity contribution in [3.8, 4) is 5.75 Å². The third-order valence-corrected chi connectivity index (χ3v) is 4.00. The van der Waals surface area contributed by atoms with Crippen LogP contribution in [0.25, 0.3) is 0 Å². The van der Waals surface area contributed by atoms with Gasteiger partial charge in [0.15, 0.2) is 11.6 Å². The summed E-state index contributed by atoms with van der Waals surface area (Å²) in [6.45, 7) is 1.68. The quantitative estimate of drug-likeness (QED) is 0.529. The number of aliphatic hydroxyl groups is 3. The molecule has 2 aliphatic carbocycles. The van der Waals surface area contributed by atoms with Gasteiger partial charge in [-0.15, -0.1) is 0 Å². The van der Waals surface area contributed by atoms with Crippen LogP contribution in [0.3, 0.4) is 0 Å². The third-order valence-electron chi connectivity index (χ3n) is 4.00. The van der Waals surface area contributed by atoms with Crippen molar-refractivity contribution in [3.63, 3.8) is 0 Å².